The molecule has 0 aliphatic carbocycles. The second kappa shape index (κ2) is 3.75. The standard InChI is InChI=1S/C9H15N3O/c1-11-8(13)9(5-6-10)4-3-7-12(9)2/h3-5,7H2,1-2H3,(H,11,13)/t9-/m0/s1. The Bertz CT molecular complexity index is 246. The number of amides is 1. The molecule has 1 heterocycles. The third kappa shape index (κ3) is 1.52. The van der Waals surface area contributed by atoms with Crippen molar-refractivity contribution in [3.8, 4) is 6.07 Å². The number of rotatable bonds is 2. The predicted octanol–water partition coefficient (Wildman–Crippen LogP) is 0.110. The molecule has 0 saturated carbocycles. The first-order valence-corrected chi connectivity index (χ1v) is 4.48. The molecule has 1 aliphatic rings. The zero-order valence-corrected chi connectivity index (χ0v) is 8.13. The van der Waals surface area contributed by atoms with Gasteiger partial charge in [0, 0.05) is 7.05 Å². The maximum atomic E-state index is 11.6. The Morgan fingerprint density at radius 3 is 2.85 bits per heavy atom. The van der Waals surface area contributed by atoms with Crippen molar-refractivity contribution in [3.63, 3.8) is 0 Å². The summed E-state index contributed by atoms with van der Waals surface area (Å²) in [7, 11) is 3.52. The first-order chi connectivity index (χ1) is 6.17. The minimum absolute atomic E-state index is 0.0333. The van der Waals surface area contributed by atoms with E-state index in [0.29, 0.717) is 0 Å². The summed E-state index contributed by atoms with van der Waals surface area (Å²) < 4.78 is 0. The summed E-state index contributed by atoms with van der Waals surface area (Å²) in [5, 5.41) is 11.3. The fraction of sp³-hybridized carbons (Fsp3) is 0.778. The first-order valence-electron chi connectivity index (χ1n) is 4.48. The van der Waals surface area contributed by atoms with E-state index in [-0.39, 0.29) is 12.3 Å². The van der Waals surface area contributed by atoms with Gasteiger partial charge in [0.05, 0.1) is 12.5 Å². The number of carbonyl (C=O) groups excluding carboxylic acids is 1. The predicted molar refractivity (Wildman–Crippen MR) is 48.9 cm³/mol. The van der Waals surface area contributed by atoms with E-state index >= 15 is 0 Å². The van der Waals surface area contributed by atoms with Gasteiger partial charge >= 0.3 is 0 Å². The van der Waals surface area contributed by atoms with Crippen LogP contribution in [0.3, 0.4) is 0 Å². The molecular formula is C9H15N3O. The lowest BCUT2D eigenvalue weighted by Crippen LogP contribution is -2.53. The van der Waals surface area contributed by atoms with Crippen LogP contribution in [0.4, 0.5) is 0 Å². The molecule has 0 aromatic carbocycles. The van der Waals surface area contributed by atoms with Crippen LogP contribution in [0.2, 0.25) is 0 Å². The second-order valence-electron chi connectivity index (χ2n) is 3.47. The maximum Gasteiger partial charge on any atom is 0.241 e. The molecular weight excluding hydrogens is 166 g/mol. The third-order valence-electron chi connectivity index (χ3n) is 2.84. The molecule has 0 spiro atoms. The van der Waals surface area contributed by atoms with E-state index in [9.17, 15) is 4.79 Å². The number of nitriles is 1. The normalized spacial score (nSPS) is 28.4. The number of carbonyl (C=O) groups is 1. The minimum Gasteiger partial charge on any atom is -0.358 e. The van der Waals surface area contributed by atoms with Gasteiger partial charge in [-0.15, -0.1) is 0 Å². The van der Waals surface area contributed by atoms with Crippen LogP contribution < -0.4 is 5.32 Å². The fourth-order valence-corrected chi connectivity index (χ4v) is 1.97. The highest BCUT2D eigenvalue weighted by Crippen LogP contribution is 2.30. The highest BCUT2D eigenvalue weighted by atomic mass is 16.2. The zero-order valence-electron chi connectivity index (χ0n) is 8.13. The van der Waals surface area contributed by atoms with Gasteiger partial charge in [-0.3, -0.25) is 9.69 Å². The van der Waals surface area contributed by atoms with Gasteiger partial charge < -0.3 is 5.32 Å². The lowest BCUT2D eigenvalue weighted by atomic mass is 9.92. The SMILES string of the molecule is CNC(=O)[C@@]1(CC#N)CCCN1C. The highest BCUT2D eigenvalue weighted by molar-refractivity contribution is 5.86. The van der Waals surface area contributed by atoms with E-state index < -0.39 is 5.54 Å². The van der Waals surface area contributed by atoms with E-state index in [4.69, 9.17) is 5.26 Å². The molecule has 13 heavy (non-hydrogen) atoms. The van der Waals surface area contributed by atoms with Crippen LogP contribution in [0.15, 0.2) is 0 Å². The van der Waals surface area contributed by atoms with Crippen molar-refractivity contribution < 1.29 is 4.79 Å². The van der Waals surface area contributed by atoms with Crippen LogP contribution in [-0.2, 0) is 4.79 Å². The summed E-state index contributed by atoms with van der Waals surface area (Å²) in [6.45, 7) is 0.898. The molecule has 0 unspecified atom stereocenters. The van der Waals surface area contributed by atoms with Gasteiger partial charge in [-0.2, -0.15) is 5.26 Å². The minimum atomic E-state index is -0.566. The molecule has 0 radical (unpaired) electrons. The number of nitrogens with zero attached hydrogens (tertiary/aromatic N) is 2. The Kier molecular flexibility index (Phi) is 2.89. The highest BCUT2D eigenvalue weighted by Gasteiger charge is 2.44. The van der Waals surface area contributed by atoms with E-state index in [1.165, 1.54) is 0 Å². The molecule has 1 aliphatic heterocycles. The molecule has 0 bridgehead atoms. The average molecular weight is 181 g/mol. The number of hydrogen-bond acceptors (Lipinski definition) is 3. The van der Waals surface area contributed by atoms with E-state index in [1.807, 2.05) is 11.9 Å². The van der Waals surface area contributed by atoms with Gasteiger partial charge in [0.25, 0.3) is 0 Å². The molecule has 1 amide bonds. The van der Waals surface area contributed by atoms with Crippen molar-refractivity contribution in [2.24, 2.45) is 0 Å². The van der Waals surface area contributed by atoms with E-state index in [0.717, 1.165) is 19.4 Å². The largest absolute Gasteiger partial charge is 0.358 e. The van der Waals surface area contributed by atoms with Gasteiger partial charge in [-0.25, -0.2) is 0 Å². The van der Waals surface area contributed by atoms with Gasteiger partial charge in [0.15, 0.2) is 0 Å². The van der Waals surface area contributed by atoms with Gasteiger partial charge in [0.2, 0.25) is 5.91 Å². The van der Waals surface area contributed by atoms with Crippen LogP contribution in [0.1, 0.15) is 19.3 Å². The Hall–Kier alpha value is -1.08. The third-order valence-corrected chi connectivity index (χ3v) is 2.84. The first kappa shape index (κ1) is 10.0. The Labute approximate surface area is 78.5 Å². The monoisotopic (exact) mass is 181 g/mol. The number of hydrogen-bond donors (Lipinski definition) is 1. The molecule has 0 aromatic rings. The van der Waals surface area contributed by atoms with Crippen LogP contribution in [0, 0.1) is 11.3 Å². The molecule has 0 aromatic heterocycles. The van der Waals surface area contributed by atoms with Crippen molar-refractivity contribution in [2.75, 3.05) is 20.6 Å². The summed E-state index contributed by atoms with van der Waals surface area (Å²) in [5.41, 5.74) is -0.566. The van der Waals surface area contributed by atoms with Crippen molar-refractivity contribution in [1.82, 2.24) is 10.2 Å². The zero-order chi connectivity index (χ0) is 9.90. The Balaban J connectivity index is 2.87. The smallest absolute Gasteiger partial charge is 0.241 e. The number of likely N-dealkylation sites (tertiary alicyclic amines) is 1. The number of nitrogens with one attached hydrogen (secondary N) is 1. The Morgan fingerprint density at radius 1 is 1.77 bits per heavy atom. The fourth-order valence-electron chi connectivity index (χ4n) is 1.97. The summed E-state index contributed by atoms with van der Waals surface area (Å²) in [4.78, 5) is 13.6. The van der Waals surface area contributed by atoms with Crippen molar-refractivity contribution in [1.29, 1.82) is 5.26 Å². The molecule has 1 saturated heterocycles. The molecule has 1 N–H and O–H groups in total. The molecule has 1 fully saturated rings. The van der Waals surface area contributed by atoms with Crippen LogP contribution in [-0.4, -0.2) is 37.0 Å². The Morgan fingerprint density at radius 2 is 2.46 bits per heavy atom. The lowest BCUT2D eigenvalue weighted by molar-refractivity contribution is -0.130. The molecule has 4 nitrogen and oxygen atoms in total. The lowest BCUT2D eigenvalue weighted by Gasteiger charge is -2.31. The summed E-state index contributed by atoms with van der Waals surface area (Å²) in [6, 6.07) is 2.09. The average Bonchev–Trinajstić information content (AvgIpc) is 2.48. The van der Waals surface area contributed by atoms with Gasteiger partial charge in [0.1, 0.15) is 5.54 Å². The van der Waals surface area contributed by atoms with Crippen molar-refractivity contribution in [3.05, 3.63) is 0 Å². The topological polar surface area (TPSA) is 56.1 Å². The number of likely N-dealkylation sites (N-methyl/N-ethyl adjacent to an activating group) is 2. The van der Waals surface area contributed by atoms with Crippen molar-refractivity contribution >= 4 is 5.91 Å². The van der Waals surface area contributed by atoms with Gasteiger partial charge in [-0.1, -0.05) is 0 Å². The quantitative estimate of drug-likeness (QED) is 0.658. The summed E-state index contributed by atoms with van der Waals surface area (Å²) in [6.07, 6.45) is 2.06. The molecule has 1 rings (SSSR count). The van der Waals surface area contributed by atoms with Crippen LogP contribution >= 0.6 is 0 Å². The van der Waals surface area contributed by atoms with E-state index in [1.54, 1.807) is 7.05 Å². The second-order valence-corrected chi connectivity index (χ2v) is 3.47. The maximum absolute atomic E-state index is 11.6. The van der Waals surface area contributed by atoms with Crippen LogP contribution in [0.25, 0.3) is 0 Å². The molecule has 72 valence electrons. The van der Waals surface area contributed by atoms with E-state index in [2.05, 4.69) is 11.4 Å². The summed E-state index contributed by atoms with van der Waals surface area (Å²) in [5.74, 6) is -0.0333. The molecule has 4 heteroatoms. The van der Waals surface area contributed by atoms with Crippen LogP contribution in [0.5, 0.6) is 0 Å². The molecule has 1 atom stereocenters. The van der Waals surface area contributed by atoms with Crippen molar-refractivity contribution in [2.45, 2.75) is 24.8 Å². The van der Waals surface area contributed by atoms with Gasteiger partial charge in [-0.05, 0) is 26.4 Å². The summed E-state index contributed by atoms with van der Waals surface area (Å²) >= 11 is 0.